The van der Waals surface area contributed by atoms with Gasteiger partial charge in [-0.05, 0) is 19.1 Å². The zero-order valence-electron chi connectivity index (χ0n) is 9.69. The molecule has 0 bridgehead atoms. The Kier molecular flexibility index (Phi) is 3.82. The molecule has 1 N–H and O–H groups in total. The van der Waals surface area contributed by atoms with Gasteiger partial charge in [-0.1, -0.05) is 11.8 Å². The van der Waals surface area contributed by atoms with Gasteiger partial charge >= 0.3 is 5.97 Å². The van der Waals surface area contributed by atoms with Crippen molar-refractivity contribution in [1.29, 1.82) is 0 Å². The molecular formula is C11H8N2O4S2. The average Bonchev–Trinajstić information content (AvgIpc) is 2.74. The lowest BCUT2D eigenvalue weighted by molar-refractivity contribution is -0.387. The smallest absolute Gasteiger partial charge is 0.335 e. The van der Waals surface area contributed by atoms with Crippen LogP contribution in [-0.2, 0) is 0 Å². The minimum atomic E-state index is -1.19. The molecule has 19 heavy (non-hydrogen) atoms. The highest BCUT2D eigenvalue weighted by atomic mass is 32.2. The number of benzene rings is 1. The van der Waals surface area contributed by atoms with Crippen molar-refractivity contribution in [3.05, 3.63) is 45.0 Å². The minimum absolute atomic E-state index is 0.105. The Labute approximate surface area is 116 Å². The van der Waals surface area contributed by atoms with E-state index >= 15 is 0 Å². The molecule has 0 fully saturated rings. The Balaban J connectivity index is 2.39. The number of hydrogen-bond acceptors (Lipinski definition) is 6. The van der Waals surface area contributed by atoms with E-state index in [1.165, 1.54) is 23.5 Å². The number of aryl methyl sites for hydroxylation is 1. The molecule has 0 unspecified atom stereocenters. The molecule has 2 aromatic rings. The summed E-state index contributed by atoms with van der Waals surface area (Å²) in [5.41, 5.74) is 0.515. The summed E-state index contributed by atoms with van der Waals surface area (Å²) < 4.78 is 0.684. The Morgan fingerprint density at radius 3 is 2.79 bits per heavy atom. The maximum absolute atomic E-state index is 11.0. The molecule has 0 aliphatic heterocycles. The molecule has 1 heterocycles. The predicted molar refractivity (Wildman–Crippen MR) is 71.0 cm³/mol. The minimum Gasteiger partial charge on any atom is -0.478 e. The van der Waals surface area contributed by atoms with Crippen LogP contribution in [0.5, 0.6) is 0 Å². The van der Waals surface area contributed by atoms with Crippen LogP contribution < -0.4 is 0 Å². The van der Waals surface area contributed by atoms with Crippen molar-refractivity contribution in [3.8, 4) is 0 Å². The third-order valence-electron chi connectivity index (χ3n) is 2.20. The maximum atomic E-state index is 11.0. The lowest BCUT2D eigenvalue weighted by Gasteiger charge is -2.01. The van der Waals surface area contributed by atoms with Gasteiger partial charge in [0.2, 0.25) is 0 Å². The van der Waals surface area contributed by atoms with Gasteiger partial charge in [-0.3, -0.25) is 10.1 Å². The van der Waals surface area contributed by atoms with Crippen molar-refractivity contribution in [1.82, 2.24) is 4.98 Å². The first-order valence-corrected chi connectivity index (χ1v) is 6.78. The van der Waals surface area contributed by atoms with Crippen LogP contribution in [0.25, 0.3) is 0 Å². The van der Waals surface area contributed by atoms with E-state index in [1.54, 1.807) is 0 Å². The lowest BCUT2D eigenvalue weighted by Crippen LogP contribution is -1.99. The number of aromatic nitrogens is 1. The number of hydrogen-bond donors (Lipinski definition) is 1. The quantitative estimate of drug-likeness (QED) is 0.687. The number of carbonyl (C=O) groups is 1. The Morgan fingerprint density at radius 1 is 1.53 bits per heavy atom. The first kappa shape index (κ1) is 13.5. The normalized spacial score (nSPS) is 10.4. The molecule has 8 heteroatoms. The monoisotopic (exact) mass is 296 g/mol. The number of thiazole rings is 1. The number of nitro groups is 1. The molecule has 0 saturated heterocycles. The summed E-state index contributed by atoms with van der Waals surface area (Å²) in [6.45, 7) is 1.84. The van der Waals surface area contributed by atoms with E-state index in [0.717, 1.165) is 23.5 Å². The van der Waals surface area contributed by atoms with E-state index in [9.17, 15) is 14.9 Å². The Morgan fingerprint density at radius 2 is 2.26 bits per heavy atom. The van der Waals surface area contributed by atoms with Gasteiger partial charge in [-0.2, -0.15) is 0 Å². The van der Waals surface area contributed by atoms with Gasteiger partial charge in [0.1, 0.15) is 0 Å². The van der Waals surface area contributed by atoms with Crippen molar-refractivity contribution >= 4 is 34.8 Å². The Bertz CT molecular complexity index is 654. The van der Waals surface area contributed by atoms with Gasteiger partial charge < -0.3 is 5.11 Å². The van der Waals surface area contributed by atoms with Crippen LogP contribution >= 0.6 is 23.1 Å². The molecule has 6 nitrogen and oxygen atoms in total. The molecule has 1 aromatic heterocycles. The van der Waals surface area contributed by atoms with E-state index < -0.39 is 10.9 Å². The number of carboxylic acid groups (broad SMARTS) is 1. The zero-order valence-corrected chi connectivity index (χ0v) is 11.3. The molecule has 0 amide bonds. The summed E-state index contributed by atoms with van der Waals surface area (Å²) in [5, 5.41) is 21.7. The van der Waals surface area contributed by atoms with Gasteiger partial charge in [-0.25, -0.2) is 9.78 Å². The second-order valence-corrected chi connectivity index (χ2v) is 5.75. The molecule has 0 spiro atoms. The van der Waals surface area contributed by atoms with Crippen LogP contribution in [-0.4, -0.2) is 21.0 Å². The summed E-state index contributed by atoms with van der Waals surface area (Å²) in [6, 6.07) is 3.84. The predicted octanol–water partition coefficient (Wildman–Crippen LogP) is 3.21. The summed E-state index contributed by atoms with van der Waals surface area (Å²) >= 11 is 2.54. The van der Waals surface area contributed by atoms with Gasteiger partial charge in [0.15, 0.2) is 4.34 Å². The number of rotatable bonds is 4. The third kappa shape index (κ3) is 3.09. The fourth-order valence-electron chi connectivity index (χ4n) is 1.35. The SMILES string of the molecule is Cc1csc(Sc2ccc(C(=O)O)cc2[N+](=O)[O-])n1. The molecule has 2 rings (SSSR count). The van der Waals surface area contributed by atoms with Crippen LogP contribution in [0.15, 0.2) is 32.8 Å². The van der Waals surface area contributed by atoms with Crippen molar-refractivity contribution in [2.45, 2.75) is 16.2 Å². The van der Waals surface area contributed by atoms with E-state index in [1.807, 2.05) is 12.3 Å². The molecule has 0 radical (unpaired) electrons. The van der Waals surface area contributed by atoms with E-state index in [-0.39, 0.29) is 11.3 Å². The summed E-state index contributed by atoms with van der Waals surface area (Å²) in [6.07, 6.45) is 0. The largest absolute Gasteiger partial charge is 0.478 e. The first-order valence-electron chi connectivity index (χ1n) is 5.09. The second-order valence-electron chi connectivity index (χ2n) is 3.60. The number of nitrogens with zero attached hydrogens (tertiary/aromatic N) is 2. The highest BCUT2D eigenvalue weighted by Gasteiger charge is 2.19. The summed E-state index contributed by atoms with van der Waals surface area (Å²) in [7, 11) is 0. The summed E-state index contributed by atoms with van der Waals surface area (Å²) in [4.78, 5) is 25.8. The van der Waals surface area contributed by atoms with Gasteiger partial charge in [0.25, 0.3) is 5.69 Å². The van der Waals surface area contributed by atoms with Crippen LogP contribution in [0, 0.1) is 17.0 Å². The first-order chi connectivity index (χ1) is 8.97. The van der Waals surface area contributed by atoms with E-state index in [0.29, 0.717) is 9.24 Å². The second kappa shape index (κ2) is 5.37. The van der Waals surface area contributed by atoms with Crippen molar-refractivity contribution < 1.29 is 14.8 Å². The van der Waals surface area contributed by atoms with E-state index in [2.05, 4.69) is 4.98 Å². The van der Waals surface area contributed by atoms with Gasteiger partial charge in [0.05, 0.1) is 15.4 Å². The lowest BCUT2D eigenvalue weighted by atomic mass is 10.2. The number of nitro benzene ring substituents is 1. The fourth-order valence-corrected chi connectivity index (χ4v) is 3.23. The highest BCUT2D eigenvalue weighted by Crippen LogP contribution is 2.36. The standard InChI is InChI=1S/C11H8N2O4S2/c1-6-5-18-11(12-6)19-9-3-2-7(10(14)15)4-8(9)13(16)17/h2-5H,1H3,(H,14,15). The van der Waals surface area contributed by atoms with Crippen molar-refractivity contribution in [2.75, 3.05) is 0 Å². The highest BCUT2D eigenvalue weighted by molar-refractivity contribution is 8.01. The summed E-state index contributed by atoms with van der Waals surface area (Å²) in [5.74, 6) is -1.19. The van der Waals surface area contributed by atoms with Crippen LogP contribution in [0.1, 0.15) is 16.1 Å². The molecule has 0 aliphatic carbocycles. The molecule has 98 valence electrons. The number of aromatic carboxylic acids is 1. The van der Waals surface area contributed by atoms with Gasteiger partial charge in [-0.15, -0.1) is 11.3 Å². The van der Waals surface area contributed by atoms with E-state index in [4.69, 9.17) is 5.11 Å². The molecule has 0 saturated carbocycles. The van der Waals surface area contributed by atoms with Crippen molar-refractivity contribution in [2.24, 2.45) is 0 Å². The van der Waals surface area contributed by atoms with Crippen LogP contribution in [0.2, 0.25) is 0 Å². The van der Waals surface area contributed by atoms with Crippen LogP contribution in [0.4, 0.5) is 5.69 Å². The maximum Gasteiger partial charge on any atom is 0.335 e. The van der Waals surface area contributed by atoms with Crippen molar-refractivity contribution in [3.63, 3.8) is 0 Å². The topological polar surface area (TPSA) is 93.3 Å². The zero-order chi connectivity index (χ0) is 14.0. The number of carboxylic acids is 1. The molecule has 0 atom stereocenters. The van der Waals surface area contributed by atoms with Crippen LogP contribution in [0.3, 0.4) is 0 Å². The average molecular weight is 296 g/mol. The molecule has 0 aliphatic rings. The molecular weight excluding hydrogens is 288 g/mol. The van der Waals surface area contributed by atoms with Gasteiger partial charge in [0, 0.05) is 17.1 Å². The Hall–Kier alpha value is -1.93. The third-order valence-corrected chi connectivity index (χ3v) is 4.32. The molecule has 1 aromatic carbocycles. The fraction of sp³-hybridized carbons (Fsp3) is 0.0909.